The molecule has 0 amide bonds. The molecule has 0 aliphatic carbocycles. The van der Waals surface area contributed by atoms with Gasteiger partial charge in [-0.05, 0) is 31.2 Å². The number of fused-ring (bicyclic) bond motifs is 2. The molecule has 2 aromatic carbocycles. The highest BCUT2D eigenvalue weighted by Gasteiger charge is 2.14. The average Bonchev–Trinajstić information content (AvgIpc) is 2.52. The van der Waals surface area contributed by atoms with E-state index >= 15 is 0 Å². The summed E-state index contributed by atoms with van der Waals surface area (Å²) in [5.74, 6) is 1.37. The molecule has 112 valence electrons. The molecular formula is C16H14N2O4. The van der Waals surface area contributed by atoms with E-state index in [0.29, 0.717) is 23.4 Å². The van der Waals surface area contributed by atoms with E-state index in [1.54, 1.807) is 13.2 Å². The van der Waals surface area contributed by atoms with Crippen LogP contribution in [0.1, 0.15) is 6.92 Å². The molecule has 3 aromatic rings. The van der Waals surface area contributed by atoms with E-state index < -0.39 is 4.92 Å². The Labute approximate surface area is 126 Å². The Morgan fingerprint density at radius 3 is 2.64 bits per heavy atom. The summed E-state index contributed by atoms with van der Waals surface area (Å²) in [6, 6.07) is 10.1. The lowest BCUT2D eigenvalue weighted by Gasteiger charge is -2.11. The molecule has 0 saturated carbocycles. The van der Waals surface area contributed by atoms with Crippen molar-refractivity contribution in [1.82, 2.24) is 4.98 Å². The third-order valence-electron chi connectivity index (χ3n) is 3.41. The molecule has 0 N–H and O–H groups in total. The van der Waals surface area contributed by atoms with E-state index in [1.165, 1.54) is 12.1 Å². The van der Waals surface area contributed by atoms with Crippen LogP contribution in [0.3, 0.4) is 0 Å². The second-order valence-electron chi connectivity index (χ2n) is 4.72. The summed E-state index contributed by atoms with van der Waals surface area (Å²) >= 11 is 0. The normalized spacial score (nSPS) is 10.8. The second kappa shape index (κ2) is 5.48. The molecule has 0 saturated heterocycles. The lowest BCUT2D eigenvalue weighted by molar-refractivity contribution is -0.384. The molecule has 6 nitrogen and oxygen atoms in total. The number of nitrogens with zero attached hydrogens (tertiary/aromatic N) is 2. The summed E-state index contributed by atoms with van der Waals surface area (Å²) in [6.07, 6.45) is 0. The van der Waals surface area contributed by atoms with Crippen LogP contribution in [0, 0.1) is 10.1 Å². The van der Waals surface area contributed by atoms with Gasteiger partial charge in [0.25, 0.3) is 5.69 Å². The summed E-state index contributed by atoms with van der Waals surface area (Å²) in [7, 11) is 1.57. The molecule has 0 fully saturated rings. The van der Waals surface area contributed by atoms with Crippen LogP contribution in [-0.2, 0) is 0 Å². The third-order valence-corrected chi connectivity index (χ3v) is 3.41. The molecule has 22 heavy (non-hydrogen) atoms. The zero-order valence-electron chi connectivity index (χ0n) is 12.2. The second-order valence-corrected chi connectivity index (χ2v) is 4.72. The van der Waals surface area contributed by atoms with Crippen molar-refractivity contribution in [3.8, 4) is 11.5 Å². The number of non-ortho nitro benzene ring substituents is 1. The van der Waals surface area contributed by atoms with Crippen LogP contribution in [0.15, 0.2) is 36.4 Å². The Bertz CT molecular complexity index is 877. The standard InChI is InChI=1S/C16H14N2O4/c1-3-22-11-5-7-14-13(9-11)16(21-2)12-6-4-10(18(19)20)8-15(12)17-14/h4-9H,3H2,1-2H3. The number of nitro groups is 1. The fourth-order valence-corrected chi connectivity index (χ4v) is 2.46. The Morgan fingerprint density at radius 1 is 1.14 bits per heavy atom. The number of rotatable bonds is 4. The predicted molar refractivity (Wildman–Crippen MR) is 83.6 cm³/mol. The van der Waals surface area contributed by atoms with Crippen LogP contribution >= 0.6 is 0 Å². The molecule has 0 aliphatic rings. The van der Waals surface area contributed by atoms with E-state index in [2.05, 4.69) is 4.98 Å². The largest absolute Gasteiger partial charge is 0.495 e. The van der Waals surface area contributed by atoms with Crippen LogP contribution in [0.25, 0.3) is 21.8 Å². The first-order chi connectivity index (χ1) is 10.6. The van der Waals surface area contributed by atoms with Gasteiger partial charge in [-0.15, -0.1) is 0 Å². The van der Waals surface area contributed by atoms with Gasteiger partial charge < -0.3 is 9.47 Å². The lowest BCUT2D eigenvalue weighted by atomic mass is 10.1. The molecule has 0 spiro atoms. The number of aromatic nitrogens is 1. The van der Waals surface area contributed by atoms with Gasteiger partial charge in [0, 0.05) is 22.9 Å². The molecule has 1 heterocycles. The van der Waals surface area contributed by atoms with Crippen molar-refractivity contribution in [2.45, 2.75) is 6.92 Å². The van der Waals surface area contributed by atoms with Crippen LogP contribution in [0.2, 0.25) is 0 Å². The third kappa shape index (κ3) is 2.28. The van der Waals surface area contributed by atoms with Crippen LogP contribution in [0.5, 0.6) is 11.5 Å². The van der Waals surface area contributed by atoms with E-state index in [0.717, 1.165) is 16.5 Å². The van der Waals surface area contributed by atoms with Crippen LogP contribution < -0.4 is 9.47 Å². The molecule has 0 bridgehead atoms. The van der Waals surface area contributed by atoms with Gasteiger partial charge in [0.2, 0.25) is 0 Å². The number of nitro benzene ring substituents is 1. The minimum Gasteiger partial charge on any atom is -0.495 e. The van der Waals surface area contributed by atoms with Gasteiger partial charge >= 0.3 is 0 Å². The molecule has 0 atom stereocenters. The van der Waals surface area contributed by atoms with Gasteiger partial charge in [0.15, 0.2) is 0 Å². The van der Waals surface area contributed by atoms with E-state index in [-0.39, 0.29) is 5.69 Å². The van der Waals surface area contributed by atoms with Gasteiger partial charge in [-0.3, -0.25) is 10.1 Å². The zero-order chi connectivity index (χ0) is 15.7. The fourth-order valence-electron chi connectivity index (χ4n) is 2.46. The highest BCUT2D eigenvalue weighted by molar-refractivity contribution is 6.01. The van der Waals surface area contributed by atoms with Gasteiger partial charge in [-0.25, -0.2) is 4.98 Å². The SMILES string of the molecule is CCOc1ccc2nc3cc([N+](=O)[O-])ccc3c(OC)c2c1. The minimum absolute atomic E-state index is 0.00680. The Kier molecular flexibility index (Phi) is 3.50. The smallest absolute Gasteiger partial charge is 0.271 e. The lowest BCUT2D eigenvalue weighted by Crippen LogP contribution is -1.95. The summed E-state index contributed by atoms with van der Waals surface area (Å²) in [6.45, 7) is 2.49. The highest BCUT2D eigenvalue weighted by Crippen LogP contribution is 2.35. The van der Waals surface area contributed by atoms with Crippen molar-refractivity contribution in [2.24, 2.45) is 0 Å². The summed E-state index contributed by atoms with van der Waals surface area (Å²) in [5, 5.41) is 12.5. The zero-order valence-corrected chi connectivity index (χ0v) is 12.2. The first-order valence-electron chi connectivity index (χ1n) is 6.82. The van der Waals surface area contributed by atoms with Crippen molar-refractivity contribution in [3.63, 3.8) is 0 Å². The van der Waals surface area contributed by atoms with E-state index in [1.807, 2.05) is 25.1 Å². The number of benzene rings is 2. The monoisotopic (exact) mass is 298 g/mol. The quantitative estimate of drug-likeness (QED) is 0.417. The number of ether oxygens (including phenoxy) is 2. The van der Waals surface area contributed by atoms with E-state index in [4.69, 9.17) is 9.47 Å². The predicted octanol–water partition coefficient (Wildman–Crippen LogP) is 3.70. The molecule has 0 unspecified atom stereocenters. The highest BCUT2D eigenvalue weighted by atomic mass is 16.6. The average molecular weight is 298 g/mol. The number of pyridine rings is 1. The first kappa shape index (κ1) is 14.1. The number of methoxy groups -OCH3 is 1. The maximum atomic E-state index is 10.9. The van der Waals surface area contributed by atoms with Crippen molar-refractivity contribution in [3.05, 3.63) is 46.5 Å². The van der Waals surface area contributed by atoms with Crippen LogP contribution in [-0.4, -0.2) is 23.6 Å². The molecule has 1 aromatic heterocycles. The molecule has 3 rings (SSSR count). The minimum atomic E-state index is -0.435. The van der Waals surface area contributed by atoms with Crippen molar-refractivity contribution < 1.29 is 14.4 Å². The fraction of sp³-hybridized carbons (Fsp3) is 0.188. The number of hydrogen-bond acceptors (Lipinski definition) is 5. The summed E-state index contributed by atoms with van der Waals surface area (Å²) in [4.78, 5) is 15.0. The first-order valence-corrected chi connectivity index (χ1v) is 6.82. The Balaban J connectivity index is 2.32. The van der Waals surface area contributed by atoms with Crippen LogP contribution in [0.4, 0.5) is 5.69 Å². The summed E-state index contributed by atoms with van der Waals surface area (Å²) < 4.78 is 11.0. The molecule has 0 aliphatic heterocycles. The molecular weight excluding hydrogens is 284 g/mol. The van der Waals surface area contributed by atoms with Crippen molar-refractivity contribution in [1.29, 1.82) is 0 Å². The molecule has 0 radical (unpaired) electrons. The van der Waals surface area contributed by atoms with Gasteiger partial charge in [0.1, 0.15) is 11.5 Å². The summed E-state index contributed by atoms with van der Waals surface area (Å²) in [5.41, 5.74) is 1.24. The molecule has 6 heteroatoms. The van der Waals surface area contributed by atoms with Gasteiger partial charge in [-0.2, -0.15) is 0 Å². The number of hydrogen-bond donors (Lipinski definition) is 0. The van der Waals surface area contributed by atoms with Crippen molar-refractivity contribution >= 4 is 27.5 Å². The maximum Gasteiger partial charge on any atom is 0.271 e. The Hall–Kier alpha value is -2.89. The van der Waals surface area contributed by atoms with Gasteiger partial charge in [-0.1, -0.05) is 0 Å². The van der Waals surface area contributed by atoms with Gasteiger partial charge in [0.05, 0.1) is 29.7 Å². The Morgan fingerprint density at radius 2 is 1.95 bits per heavy atom. The topological polar surface area (TPSA) is 74.5 Å². The van der Waals surface area contributed by atoms with Crippen molar-refractivity contribution in [2.75, 3.05) is 13.7 Å². The maximum absolute atomic E-state index is 10.9. The van der Waals surface area contributed by atoms with E-state index in [9.17, 15) is 10.1 Å².